The summed E-state index contributed by atoms with van der Waals surface area (Å²) in [7, 11) is 0. The molecule has 80 valence electrons. The van der Waals surface area contributed by atoms with Crippen LogP contribution in [0.5, 0.6) is 0 Å². The van der Waals surface area contributed by atoms with Gasteiger partial charge in [-0.15, -0.1) is 0 Å². The summed E-state index contributed by atoms with van der Waals surface area (Å²) in [5.74, 6) is 0.438. The topological polar surface area (TPSA) is 0 Å². The normalized spacial score (nSPS) is 9.57. The molecule has 0 heterocycles. The molecule has 0 aliphatic carbocycles. The van der Waals surface area contributed by atoms with Crippen LogP contribution in [0.3, 0.4) is 0 Å². The average molecular weight is 204 g/mol. The summed E-state index contributed by atoms with van der Waals surface area (Å²) >= 11 is 0. The lowest BCUT2D eigenvalue weighted by Gasteiger charge is -2.04. The average Bonchev–Trinajstić information content (AvgIpc) is 2.09. The summed E-state index contributed by atoms with van der Waals surface area (Å²) in [6.07, 6.45) is 0.826. The number of hydrogen-bond acceptors (Lipinski definition) is 0. The Bertz CT molecular complexity index is 246. The fraction of sp³-hybridized carbons (Fsp3) is 0.455. The minimum Gasteiger partial charge on any atom is -0.214 e. The first kappa shape index (κ1) is 13.0. The van der Waals surface area contributed by atoms with Gasteiger partial charge in [0.25, 0.3) is 0 Å². The third kappa shape index (κ3) is 5.62. The van der Waals surface area contributed by atoms with E-state index in [1.54, 1.807) is 6.07 Å². The third-order valence-electron chi connectivity index (χ3n) is 1.59. The highest BCUT2D eigenvalue weighted by Crippen LogP contribution is 2.11. The summed E-state index contributed by atoms with van der Waals surface area (Å²) in [5.41, 5.74) is 0.822. The molecule has 3 heteroatoms. The van der Waals surface area contributed by atoms with Crippen LogP contribution in [0, 0.1) is 11.7 Å². The Labute approximate surface area is 82.8 Å². The van der Waals surface area contributed by atoms with Crippen LogP contribution >= 0.6 is 0 Å². The first-order chi connectivity index (χ1) is 6.61. The number of benzene rings is 1. The molecule has 1 rings (SSSR count). The van der Waals surface area contributed by atoms with E-state index in [9.17, 15) is 13.2 Å². The van der Waals surface area contributed by atoms with E-state index in [-0.39, 0.29) is 5.82 Å². The van der Waals surface area contributed by atoms with Gasteiger partial charge in [0.15, 0.2) is 0 Å². The van der Waals surface area contributed by atoms with Crippen molar-refractivity contribution in [1.29, 1.82) is 0 Å². The van der Waals surface area contributed by atoms with Crippen LogP contribution in [0.15, 0.2) is 24.3 Å². The molecule has 1 aromatic rings. The van der Waals surface area contributed by atoms with E-state index in [4.69, 9.17) is 0 Å². The van der Waals surface area contributed by atoms with Crippen LogP contribution in [-0.2, 0) is 6.42 Å². The highest BCUT2D eigenvalue weighted by molar-refractivity contribution is 5.17. The Morgan fingerprint density at radius 2 is 1.64 bits per heavy atom. The molecule has 0 spiro atoms. The summed E-state index contributed by atoms with van der Waals surface area (Å²) in [6.45, 7) is 2.43. The second kappa shape index (κ2) is 7.42. The molecule has 1 aromatic carbocycles. The predicted molar refractivity (Wildman–Crippen MR) is 52.0 cm³/mol. The number of halogens is 3. The maximum absolute atomic E-state index is 12.9. The third-order valence-corrected chi connectivity index (χ3v) is 1.59. The van der Waals surface area contributed by atoms with E-state index in [1.165, 1.54) is 6.07 Å². The van der Waals surface area contributed by atoms with E-state index in [2.05, 4.69) is 13.8 Å². The molecule has 14 heavy (non-hydrogen) atoms. The molecule has 0 atom stereocenters. The van der Waals surface area contributed by atoms with Crippen molar-refractivity contribution >= 4 is 0 Å². The van der Waals surface area contributed by atoms with E-state index in [0.29, 0.717) is 5.92 Å². The monoisotopic (exact) mass is 204 g/mol. The van der Waals surface area contributed by atoms with Gasteiger partial charge in [-0.25, -0.2) is 13.2 Å². The molecular weight excluding hydrogens is 189 g/mol. The van der Waals surface area contributed by atoms with Crippen molar-refractivity contribution < 1.29 is 13.2 Å². The minimum atomic E-state index is -1.75. The number of alkyl halides is 2. The van der Waals surface area contributed by atoms with Gasteiger partial charge in [0.1, 0.15) is 5.82 Å². The fourth-order valence-corrected chi connectivity index (χ4v) is 1.10. The standard InChI is InChI=1S/C10H13F.CH2F2/c1-8(2)7-9-5-3-4-6-10(9)11;2-1-3/h3-6,8H,7H2,1-2H3;1H2. The second-order valence-corrected chi connectivity index (χ2v) is 3.29. The van der Waals surface area contributed by atoms with Crippen molar-refractivity contribution in [2.45, 2.75) is 20.3 Å². The van der Waals surface area contributed by atoms with Crippen LogP contribution in [-0.4, -0.2) is 6.93 Å². The van der Waals surface area contributed by atoms with Gasteiger partial charge in [-0.2, -0.15) is 0 Å². The molecule has 0 saturated carbocycles. The van der Waals surface area contributed by atoms with E-state index in [0.717, 1.165) is 12.0 Å². The SMILES string of the molecule is CC(C)Cc1ccccc1F.FCF. The van der Waals surface area contributed by atoms with Crippen LogP contribution in [0.2, 0.25) is 0 Å². The Morgan fingerprint density at radius 1 is 1.14 bits per heavy atom. The zero-order chi connectivity index (χ0) is 11.0. The Morgan fingerprint density at radius 3 is 2.07 bits per heavy atom. The second-order valence-electron chi connectivity index (χ2n) is 3.29. The van der Waals surface area contributed by atoms with Gasteiger partial charge in [-0.1, -0.05) is 32.0 Å². The summed E-state index contributed by atoms with van der Waals surface area (Å²) in [5, 5.41) is 0. The smallest absolute Gasteiger partial charge is 0.214 e. The van der Waals surface area contributed by atoms with Crippen LogP contribution in [0.25, 0.3) is 0 Å². The molecule has 0 aliphatic heterocycles. The van der Waals surface area contributed by atoms with Crippen molar-refractivity contribution in [3.63, 3.8) is 0 Å². The summed E-state index contributed by atoms with van der Waals surface area (Å²) in [6, 6.07) is 6.95. The maximum Gasteiger partial charge on any atom is 0.229 e. The maximum atomic E-state index is 12.9. The van der Waals surface area contributed by atoms with Crippen molar-refractivity contribution in [2.24, 2.45) is 5.92 Å². The fourth-order valence-electron chi connectivity index (χ4n) is 1.10. The quantitative estimate of drug-likeness (QED) is 0.685. The molecule has 0 nitrogen and oxygen atoms in total. The molecule has 0 radical (unpaired) electrons. The highest BCUT2D eigenvalue weighted by Gasteiger charge is 2.01. The van der Waals surface area contributed by atoms with Gasteiger partial charge in [0, 0.05) is 0 Å². The van der Waals surface area contributed by atoms with Crippen LogP contribution in [0.4, 0.5) is 13.2 Å². The molecule has 0 N–H and O–H groups in total. The Kier molecular flexibility index (Phi) is 6.89. The first-order valence-electron chi connectivity index (χ1n) is 4.47. The Hall–Kier alpha value is -0.990. The largest absolute Gasteiger partial charge is 0.229 e. The van der Waals surface area contributed by atoms with E-state index in [1.807, 2.05) is 12.1 Å². The van der Waals surface area contributed by atoms with E-state index >= 15 is 0 Å². The van der Waals surface area contributed by atoms with Gasteiger partial charge in [-0.05, 0) is 24.0 Å². The summed E-state index contributed by atoms with van der Waals surface area (Å²) < 4.78 is 32.2. The minimum absolute atomic E-state index is 0.0822. The van der Waals surface area contributed by atoms with E-state index < -0.39 is 6.93 Å². The molecule has 0 saturated heterocycles. The van der Waals surface area contributed by atoms with Crippen molar-refractivity contribution in [3.05, 3.63) is 35.6 Å². The van der Waals surface area contributed by atoms with Gasteiger partial charge in [0.2, 0.25) is 6.93 Å². The molecule has 0 amide bonds. The molecule has 0 aliphatic rings. The molecule has 0 unspecified atom stereocenters. The lowest BCUT2D eigenvalue weighted by molar-refractivity contribution is 0.295. The van der Waals surface area contributed by atoms with Gasteiger partial charge in [-0.3, -0.25) is 0 Å². The zero-order valence-electron chi connectivity index (χ0n) is 8.43. The van der Waals surface area contributed by atoms with Gasteiger partial charge >= 0.3 is 0 Å². The lowest BCUT2D eigenvalue weighted by Crippen LogP contribution is -1.96. The van der Waals surface area contributed by atoms with Gasteiger partial charge < -0.3 is 0 Å². The van der Waals surface area contributed by atoms with Crippen molar-refractivity contribution in [1.82, 2.24) is 0 Å². The number of rotatable bonds is 2. The first-order valence-corrected chi connectivity index (χ1v) is 4.47. The van der Waals surface area contributed by atoms with Gasteiger partial charge in [0.05, 0.1) is 0 Å². The Balaban J connectivity index is 0.000000500. The van der Waals surface area contributed by atoms with Crippen LogP contribution < -0.4 is 0 Å². The predicted octanol–water partition coefficient (Wildman–Crippen LogP) is 3.91. The number of hydrogen-bond donors (Lipinski definition) is 0. The summed E-state index contributed by atoms with van der Waals surface area (Å²) in [4.78, 5) is 0. The molecule has 0 bridgehead atoms. The molecule has 0 aromatic heterocycles. The molecule has 0 fully saturated rings. The van der Waals surface area contributed by atoms with Crippen molar-refractivity contribution in [3.8, 4) is 0 Å². The highest BCUT2D eigenvalue weighted by atomic mass is 19.3. The molecular formula is C11H15F3. The van der Waals surface area contributed by atoms with Crippen LogP contribution in [0.1, 0.15) is 19.4 Å². The lowest BCUT2D eigenvalue weighted by atomic mass is 10.0. The van der Waals surface area contributed by atoms with Crippen molar-refractivity contribution in [2.75, 3.05) is 6.93 Å². The zero-order valence-corrected chi connectivity index (χ0v) is 8.43.